The van der Waals surface area contributed by atoms with E-state index in [-0.39, 0.29) is 23.7 Å². The highest BCUT2D eigenvalue weighted by Crippen LogP contribution is 2.25. The van der Waals surface area contributed by atoms with Crippen molar-refractivity contribution in [3.63, 3.8) is 0 Å². The molecule has 5 heteroatoms. The number of nitrogens with two attached hydrogens (primary N) is 1. The number of carbonyl (C=O) groups is 1. The quantitative estimate of drug-likeness (QED) is 0.883. The Kier molecular flexibility index (Phi) is 5.54. The highest BCUT2D eigenvalue weighted by Gasteiger charge is 2.24. The van der Waals surface area contributed by atoms with Crippen LogP contribution in [0.2, 0.25) is 0 Å². The van der Waals surface area contributed by atoms with E-state index in [4.69, 9.17) is 5.73 Å². The Morgan fingerprint density at radius 3 is 2.90 bits per heavy atom. The lowest BCUT2D eigenvalue weighted by Gasteiger charge is -2.27. The van der Waals surface area contributed by atoms with Gasteiger partial charge in [-0.1, -0.05) is 28.8 Å². The normalized spacial score (nSPS) is 22.6. The SMILES string of the molecule is NC1CCCCC1CC(=O)NCc1cc(F)ccc1Br. The van der Waals surface area contributed by atoms with Crippen LogP contribution >= 0.6 is 15.9 Å². The van der Waals surface area contributed by atoms with E-state index in [0.717, 1.165) is 35.7 Å². The minimum Gasteiger partial charge on any atom is -0.352 e. The van der Waals surface area contributed by atoms with Gasteiger partial charge in [0, 0.05) is 23.5 Å². The van der Waals surface area contributed by atoms with Crippen LogP contribution in [0.3, 0.4) is 0 Å². The summed E-state index contributed by atoms with van der Waals surface area (Å²) in [6.45, 7) is 0.332. The van der Waals surface area contributed by atoms with Gasteiger partial charge in [0.1, 0.15) is 5.82 Å². The Bertz CT molecular complexity index is 481. The van der Waals surface area contributed by atoms with Gasteiger partial charge in [-0.25, -0.2) is 4.39 Å². The van der Waals surface area contributed by atoms with Crippen LogP contribution in [0.5, 0.6) is 0 Å². The fourth-order valence-corrected chi connectivity index (χ4v) is 3.06. The first-order valence-corrected chi connectivity index (χ1v) is 7.82. The smallest absolute Gasteiger partial charge is 0.220 e. The van der Waals surface area contributed by atoms with Crippen molar-refractivity contribution < 1.29 is 9.18 Å². The third-order valence-corrected chi connectivity index (χ3v) is 4.67. The first kappa shape index (κ1) is 15.4. The Morgan fingerprint density at radius 1 is 1.40 bits per heavy atom. The number of halogens is 2. The molecule has 2 rings (SSSR count). The standard InChI is InChI=1S/C15H20BrFN2O/c16-13-6-5-12(17)7-11(13)9-19-15(20)8-10-3-1-2-4-14(10)18/h5-7,10,14H,1-4,8-9,18H2,(H,19,20). The molecule has 0 saturated heterocycles. The van der Waals surface area contributed by atoms with Crippen molar-refractivity contribution in [2.45, 2.75) is 44.7 Å². The van der Waals surface area contributed by atoms with Crippen LogP contribution in [-0.2, 0) is 11.3 Å². The number of benzene rings is 1. The van der Waals surface area contributed by atoms with E-state index in [0.29, 0.717) is 13.0 Å². The van der Waals surface area contributed by atoms with E-state index in [1.54, 1.807) is 6.07 Å². The largest absolute Gasteiger partial charge is 0.352 e. The van der Waals surface area contributed by atoms with E-state index in [2.05, 4.69) is 21.2 Å². The Morgan fingerprint density at radius 2 is 2.15 bits per heavy atom. The van der Waals surface area contributed by atoms with Crippen molar-refractivity contribution in [1.82, 2.24) is 5.32 Å². The molecular weight excluding hydrogens is 323 g/mol. The van der Waals surface area contributed by atoms with Crippen LogP contribution in [0.25, 0.3) is 0 Å². The molecule has 1 fully saturated rings. The Balaban J connectivity index is 1.84. The fourth-order valence-electron chi connectivity index (χ4n) is 2.67. The van der Waals surface area contributed by atoms with E-state index >= 15 is 0 Å². The molecule has 0 bridgehead atoms. The molecular formula is C15H20BrFN2O. The summed E-state index contributed by atoms with van der Waals surface area (Å²) < 4.78 is 13.9. The fraction of sp³-hybridized carbons (Fsp3) is 0.533. The van der Waals surface area contributed by atoms with Crippen LogP contribution in [0.15, 0.2) is 22.7 Å². The van der Waals surface area contributed by atoms with Gasteiger partial charge in [-0.15, -0.1) is 0 Å². The Labute approximate surface area is 127 Å². The average molecular weight is 343 g/mol. The van der Waals surface area contributed by atoms with Crippen molar-refractivity contribution in [2.75, 3.05) is 0 Å². The molecule has 0 aromatic heterocycles. The van der Waals surface area contributed by atoms with Crippen molar-refractivity contribution in [3.05, 3.63) is 34.1 Å². The zero-order chi connectivity index (χ0) is 14.5. The highest BCUT2D eigenvalue weighted by molar-refractivity contribution is 9.10. The molecule has 0 spiro atoms. The van der Waals surface area contributed by atoms with Gasteiger partial charge in [0.05, 0.1) is 0 Å². The van der Waals surface area contributed by atoms with Gasteiger partial charge >= 0.3 is 0 Å². The number of nitrogens with one attached hydrogen (secondary N) is 1. The second kappa shape index (κ2) is 7.18. The maximum Gasteiger partial charge on any atom is 0.220 e. The number of rotatable bonds is 4. The summed E-state index contributed by atoms with van der Waals surface area (Å²) in [6, 6.07) is 4.59. The van der Waals surface area contributed by atoms with E-state index < -0.39 is 0 Å². The van der Waals surface area contributed by atoms with Gasteiger partial charge in [-0.05, 0) is 42.5 Å². The summed E-state index contributed by atoms with van der Waals surface area (Å²) in [5.74, 6) is -0.0324. The van der Waals surface area contributed by atoms with Gasteiger partial charge in [-0.2, -0.15) is 0 Å². The summed E-state index contributed by atoms with van der Waals surface area (Å²) in [6.07, 6.45) is 4.82. The van der Waals surface area contributed by atoms with E-state index in [9.17, 15) is 9.18 Å². The molecule has 0 aliphatic heterocycles. The third kappa shape index (κ3) is 4.28. The molecule has 3 N–H and O–H groups in total. The molecule has 0 radical (unpaired) electrons. The second-order valence-corrected chi connectivity index (χ2v) is 6.28. The third-order valence-electron chi connectivity index (χ3n) is 3.90. The monoisotopic (exact) mass is 342 g/mol. The van der Waals surface area contributed by atoms with Crippen molar-refractivity contribution in [2.24, 2.45) is 11.7 Å². The van der Waals surface area contributed by atoms with Gasteiger partial charge in [0.2, 0.25) is 5.91 Å². The minimum atomic E-state index is -0.299. The molecule has 110 valence electrons. The zero-order valence-corrected chi connectivity index (χ0v) is 13.0. The molecule has 1 aromatic carbocycles. The maximum atomic E-state index is 13.1. The zero-order valence-electron chi connectivity index (χ0n) is 11.4. The van der Waals surface area contributed by atoms with Crippen LogP contribution in [0.1, 0.15) is 37.7 Å². The predicted octanol–water partition coefficient (Wildman–Crippen LogP) is 3.11. The first-order chi connectivity index (χ1) is 9.56. The lowest BCUT2D eigenvalue weighted by atomic mass is 9.83. The van der Waals surface area contributed by atoms with Gasteiger partial charge in [0.15, 0.2) is 0 Å². The van der Waals surface area contributed by atoms with Gasteiger partial charge in [0.25, 0.3) is 0 Å². The summed E-state index contributed by atoms with van der Waals surface area (Å²) in [4.78, 5) is 12.0. The second-order valence-electron chi connectivity index (χ2n) is 5.42. The van der Waals surface area contributed by atoms with E-state index in [1.807, 2.05) is 0 Å². The number of carbonyl (C=O) groups excluding carboxylic acids is 1. The first-order valence-electron chi connectivity index (χ1n) is 7.02. The lowest BCUT2D eigenvalue weighted by Crippen LogP contribution is -2.37. The predicted molar refractivity (Wildman–Crippen MR) is 80.5 cm³/mol. The maximum absolute atomic E-state index is 13.1. The molecule has 2 unspecified atom stereocenters. The van der Waals surface area contributed by atoms with Crippen LogP contribution in [0, 0.1) is 11.7 Å². The summed E-state index contributed by atoms with van der Waals surface area (Å²) >= 11 is 3.35. The highest BCUT2D eigenvalue weighted by atomic mass is 79.9. The summed E-state index contributed by atoms with van der Waals surface area (Å²) in [5.41, 5.74) is 6.78. The number of amides is 1. The van der Waals surface area contributed by atoms with Crippen LogP contribution in [0.4, 0.5) is 4.39 Å². The summed E-state index contributed by atoms with van der Waals surface area (Å²) in [5, 5.41) is 2.84. The molecule has 2 atom stereocenters. The van der Waals surface area contributed by atoms with Crippen LogP contribution in [-0.4, -0.2) is 11.9 Å². The molecule has 1 aliphatic rings. The van der Waals surface area contributed by atoms with Gasteiger partial charge in [-0.3, -0.25) is 4.79 Å². The van der Waals surface area contributed by atoms with Crippen LogP contribution < -0.4 is 11.1 Å². The van der Waals surface area contributed by atoms with Crippen molar-refractivity contribution >= 4 is 21.8 Å². The molecule has 1 saturated carbocycles. The van der Waals surface area contributed by atoms with Gasteiger partial charge < -0.3 is 11.1 Å². The minimum absolute atomic E-state index is 0.0106. The van der Waals surface area contributed by atoms with Crippen molar-refractivity contribution in [1.29, 1.82) is 0 Å². The molecule has 20 heavy (non-hydrogen) atoms. The average Bonchev–Trinajstić information content (AvgIpc) is 2.42. The number of hydrogen-bond acceptors (Lipinski definition) is 2. The molecule has 3 nitrogen and oxygen atoms in total. The number of hydrogen-bond donors (Lipinski definition) is 2. The topological polar surface area (TPSA) is 55.1 Å². The lowest BCUT2D eigenvalue weighted by molar-refractivity contribution is -0.122. The Hall–Kier alpha value is -0.940. The molecule has 1 aliphatic carbocycles. The molecule has 1 amide bonds. The molecule has 1 aromatic rings. The summed E-state index contributed by atoms with van der Waals surface area (Å²) in [7, 11) is 0. The molecule has 0 heterocycles. The van der Waals surface area contributed by atoms with Crippen molar-refractivity contribution in [3.8, 4) is 0 Å². The van der Waals surface area contributed by atoms with E-state index in [1.165, 1.54) is 12.1 Å².